The highest BCUT2D eigenvalue weighted by molar-refractivity contribution is 6.01. The molecule has 0 saturated carbocycles. The van der Waals surface area contributed by atoms with Gasteiger partial charge in [0.25, 0.3) is 5.91 Å². The van der Waals surface area contributed by atoms with Crippen molar-refractivity contribution >= 4 is 17.5 Å². The Hall–Kier alpha value is -3.74. The molecule has 0 aliphatic heterocycles. The second-order valence-electron chi connectivity index (χ2n) is 6.81. The maximum Gasteiger partial charge on any atom is 0.387 e. The molecule has 5 nitrogen and oxygen atoms in total. The van der Waals surface area contributed by atoms with Gasteiger partial charge in [-0.3, -0.25) is 9.59 Å². The molecule has 4 rings (SSSR count). The number of halogens is 2. The Bertz CT molecular complexity index is 1120. The molecule has 0 saturated heterocycles. The van der Waals surface area contributed by atoms with E-state index in [2.05, 4.69) is 27.5 Å². The number of carbonyl (C=O) groups is 2. The quantitative estimate of drug-likeness (QED) is 0.502. The predicted octanol–water partition coefficient (Wildman–Crippen LogP) is 4.23. The van der Waals surface area contributed by atoms with Gasteiger partial charge in [0.2, 0.25) is 5.91 Å². The third kappa shape index (κ3) is 4.15. The molecule has 30 heavy (non-hydrogen) atoms. The van der Waals surface area contributed by atoms with Crippen molar-refractivity contribution in [1.82, 2.24) is 5.32 Å². The van der Waals surface area contributed by atoms with Crippen LogP contribution in [0.15, 0.2) is 66.7 Å². The maximum atomic E-state index is 12.5. The van der Waals surface area contributed by atoms with Gasteiger partial charge >= 0.3 is 6.61 Å². The number of amides is 2. The normalized spacial score (nSPS) is 11.6. The topological polar surface area (TPSA) is 67.4 Å². The summed E-state index contributed by atoms with van der Waals surface area (Å²) in [5.41, 5.74) is 5.27. The van der Waals surface area contributed by atoms with E-state index in [-0.39, 0.29) is 17.9 Å². The minimum Gasteiger partial charge on any atom is -0.434 e. The molecule has 0 heterocycles. The van der Waals surface area contributed by atoms with Crippen LogP contribution in [-0.4, -0.2) is 25.0 Å². The Morgan fingerprint density at radius 1 is 0.933 bits per heavy atom. The number of fused-ring (bicyclic) bond motifs is 3. The molecule has 152 valence electrons. The Morgan fingerprint density at radius 2 is 1.67 bits per heavy atom. The van der Waals surface area contributed by atoms with Crippen molar-refractivity contribution in [2.75, 3.05) is 11.9 Å². The number of carbonyl (C=O) groups excluding carboxylic acids is 2. The average Bonchev–Trinajstić information content (AvgIpc) is 3.09. The first-order chi connectivity index (χ1) is 14.5. The Kier molecular flexibility index (Phi) is 5.43. The number of nitrogens with one attached hydrogen (secondary N) is 2. The first-order valence-electron chi connectivity index (χ1n) is 9.34. The van der Waals surface area contributed by atoms with Crippen LogP contribution in [0, 0.1) is 0 Å². The molecule has 3 aromatic rings. The van der Waals surface area contributed by atoms with Gasteiger partial charge in [0.15, 0.2) is 0 Å². The summed E-state index contributed by atoms with van der Waals surface area (Å²) >= 11 is 0. The number of benzene rings is 3. The third-order valence-electron chi connectivity index (χ3n) is 4.83. The van der Waals surface area contributed by atoms with Gasteiger partial charge < -0.3 is 15.4 Å². The molecule has 0 bridgehead atoms. The molecule has 0 spiro atoms. The molecule has 0 radical (unpaired) electrons. The smallest absolute Gasteiger partial charge is 0.387 e. The zero-order valence-electron chi connectivity index (χ0n) is 15.8. The van der Waals surface area contributed by atoms with Crippen LogP contribution in [0.25, 0.3) is 11.1 Å². The minimum atomic E-state index is -3.05. The summed E-state index contributed by atoms with van der Waals surface area (Å²) in [6.45, 7) is -3.35. The van der Waals surface area contributed by atoms with Crippen LogP contribution in [0.5, 0.6) is 5.75 Å². The van der Waals surface area contributed by atoms with Crippen LogP contribution in [0.1, 0.15) is 21.5 Å². The summed E-state index contributed by atoms with van der Waals surface area (Å²) in [6.07, 6.45) is 0.798. The first kappa shape index (κ1) is 19.6. The van der Waals surface area contributed by atoms with Crippen LogP contribution in [0.2, 0.25) is 0 Å². The van der Waals surface area contributed by atoms with Crippen LogP contribution >= 0.6 is 0 Å². The second-order valence-corrected chi connectivity index (χ2v) is 6.81. The Morgan fingerprint density at radius 3 is 2.50 bits per heavy atom. The fourth-order valence-electron chi connectivity index (χ4n) is 3.54. The van der Waals surface area contributed by atoms with Crippen molar-refractivity contribution in [3.8, 4) is 16.9 Å². The molecular weight excluding hydrogens is 390 g/mol. The number of rotatable bonds is 6. The van der Waals surface area contributed by atoms with Gasteiger partial charge in [0.1, 0.15) is 5.75 Å². The molecule has 0 aromatic heterocycles. The van der Waals surface area contributed by atoms with Crippen molar-refractivity contribution < 1.29 is 23.1 Å². The summed E-state index contributed by atoms with van der Waals surface area (Å²) in [4.78, 5) is 24.5. The summed E-state index contributed by atoms with van der Waals surface area (Å²) < 4.78 is 29.3. The van der Waals surface area contributed by atoms with Crippen molar-refractivity contribution in [3.05, 3.63) is 83.4 Å². The third-order valence-corrected chi connectivity index (χ3v) is 4.83. The molecule has 7 heteroatoms. The molecule has 0 unspecified atom stereocenters. The summed E-state index contributed by atoms with van der Waals surface area (Å²) in [6, 6.07) is 19.5. The molecular formula is C23H18F2N2O3. The number of ether oxygens (including phenoxy) is 1. The van der Waals surface area contributed by atoms with Crippen molar-refractivity contribution in [2.24, 2.45) is 0 Å². The SMILES string of the molecule is O=C(CNC(=O)c1ccccc1OC(F)F)Nc1ccc2c(c1)Cc1ccccc1-2. The van der Waals surface area contributed by atoms with Crippen LogP contribution < -0.4 is 15.4 Å². The lowest BCUT2D eigenvalue weighted by Crippen LogP contribution is -2.33. The number of hydrogen-bond donors (Lipinski definition) is 2. The highest BCUT2D eigenvalue weighted by atomic mass is 19.3. The van der Waals surface area contributed by atoms with Crippen LogP contribution in [0.4, 0.5) is 14.5 Å². The van der Waals surface area contributed by atoms with Crippen LogP contribution in [-0.2, 0) is 11.2 Å². The van der Waals surface area contributed by atoms with Gasteiger partial charge in [-0.15, -0.1) is 0 Å². The Labute approximate surface area is 171 Å². The van der Waals surface area contributed by atoms with E-state index in [1.807, 2.05) is 30.3 Å². The van der Waals surface area contributed by atoms with E-state index in [1.165, 1.54) is 35.4 Å². The monoisotopic (exact) mass is 408 g/mol. The van der Waals surface area contributed by atoms with E-state index < -0.39 is 18.4 Å². The van der Waals surface area contributed by atoms with Gasteiger partial charge in [-0.1, -0.05) is 42.5 Å². The maximum absolute atomic E-state index is 12.5. The van der Waals surface area contributed by atoms with E-state index in [0.29, 0.717) is 5.69 Å². The molecule has 2 N–H and O–H groups in total. The standard InChI is InChI=1S/C23H18F2N2O3/c24-23(25)30-20-8-4-3-7-19(20)22(29)26-13-21(28)27-16-9-10-18-15(12-16)11-14-5-1-2-6-17(14)18/h1-10,12,23H,11,13H2,(H,26,29)(H,27,28). The highest BCUT2D eigenvalue weighted by Gasteiger charge is 2.19. The fraction of sp³-hybridized carbons (Fsp3) is 0.130. The van der Waals surface area contributed by atoms with Crippen LogP contribution in [0.3, 0.4) is 0 Å². The van der Waals surface area contributed by atoms with E-state index in [9.17, 15) is 18.4 Å². The van der Waals surface area contributed by atoms with E-state index >= 15 is 0 Å². The lowest BCUT2D eigenvalue weighted by atomic mass is 10.1. The summed E-state index contributed by atoms with van der Waals surface area (Å²) in [5.74, 6) is -1.35. The molecule has 3 aromatic carbocycles. The second kappa shape index (κ2) is 8.32. The van der Waals surface area contributed by atoms with Gasteiger partial charge in [-0.05, 0) is 52.9 Å². The lowest BCUT2D eigenvalue weighted by molar-refractivity contribution is -0.115. The first-order valence-corrected chi connectivity index (χ1v) is 9.34. The van der Waals surface area contributed by atoms with Gasteiger partial charge in [0.05, 0.1) is 12.1 Å². The van der Waals surface area contributed by atoms with Crippen molar-refractivity contribution in [2.45, 2.75) is 13.0 Å². The fourth-order valence-corrected chi connectivity index (χ4v) is 3.54. The minimum absolute atomic E-state index is 0.0686. The number of para-hydroxylation sites is 1. The largest absolute Gasteiger partial charge is 0.434 e. The Balaban J connectivity index is 1.37. The molecule has 1 aliphatic carbocycles. The average molecular weight is 408 g/mol. The predicted molar refractivity (Wildman–Crippen MR) is 109 cm³/mol. The number of hydrogen-bond acceptors (Lipinski definition) is 3. The van der Waals surface area contributed by atoms with Crippen molar-refractivity contribution in [3.63, 3.8) is 0 Å². The van der Waals surface area contributed by atoms with E-state index in [1.54, 1.807) is 0 Å². The van der Waals surface area contributed by atoms with Crippen molar-refractivity contribution in [1.29, 1.82) is 0 Å². The van der Waals surface area contributed by atoms with Gasteiger partial charge in [-0.2, -0.15) is 8.78 Å². The van der Waals surface area contributed by atoms with Gasteiger partial charge in [0, 0.05) is 5.69 Å². The molecule has 1 aliphatic rings. The zero-order chi connectivity index (χ0) is 21.1. The summed E-state index contributed by atoms with van der Waals surface area (Å²) in [7, 11) is 0. The van der Waals surface area contributed by atoms with E-state index in [0.717, 1.165) is 17.5 Å². The number of anilines is 1. The lowest BCUT2D eigenvalue weighted by Gasteiger charge is -2.11. The molecule has 0 atom stereocenters. The summed E-state index contributed by atoms with van der Waals surface area (Å²) in [5, 5.41) is 5.17. The number of alkyl halides is 2. The highest BCUT2D eigenvalue weighted by Crippen LogP contribution is 2.37. The molecule has 2 amide bonds. The molecule has 0 fully saturated rings. The van der Waals surface area contributed by atoms with E-state index in [4.69, 9.17) is 0 Å². The van der Waals surface area contributed by atoms with Gasteiger partial charge in [-0.25, -0.2) is 0 Å². The zero-order valence-corrected chi connectivity index (χ0v) is 15.8.